The second-order valence-electron chi connectivity index (χ2n) is 6.56. The molecule has 0 saturated carbocycles. The summed E-state index contributed by atoms with van der Waals surface area (Å²) in [6.45, 7) is 8.94. The predicted octanol–water partition coefficient (Wildman–Crippen LogP) is 5.41. The molecule has 0 bridgehead atoms. The molecule has 124 valence electrons. The van der Waals surface area contributed by atoms with E-state index in [0.717, 1.165) is 10.8 Å². The van der Waals surface area contributed by atoms with Gasteiger partial charge in [-0.3, -0.25) is 0 Å². The molecule has 24 heavy (non-hydrogen) atoms. The Morgan fingerprint density at radius 3 is 2.08 bits per heavy atom. The second-order valence-corrected chi connectivity index (χ2v) is 7.39. The number of hydrogen-bond acceptors (Lipinski definition) is 3. The van der Waals surface area contributed by atoms with Crippen LogP contribution in [0.15, 0.2) is 54.0 Å². The first-order valence-electron chi connectivity index (χ1n) is 8.39. The third kappa shape index (κ3) is 3.49. The normalized spacial score (nSPS) is 11.2. The Morgan fingerprint density at radius 2 is 1.50 bits per heavy atom. The maximum Gasteiger partial charge on any atom is 0.261 e. The molecule has 1 heterocycles. The number of benzene rings is 2. The minimum atomic E-state index is 0.457. The molecule has 0 aliphatic heterocycles. The summed E-state index contributed by atoms with van der Waals surface area (Å²) in [6, 6.07) is 16.7. The average molecular weight is 338 g/mol. The van der Waals surface area contributed by atoms with Gasteiger partial charge in [-0.25, -0.2) is 0 Å². The maximum absolute atomic E-state index is 4.79. The minimum absolute atomic E-state index is 0.457. The summed E-state index contributed by atoms with van der Waals surface area (Å²) in [4.78, 5) is 0. The van der Waals surface area contributed by atoms with Crippen molar-refractivity contribution in [3.63, 3.8) is 0 Å². The van der Waals surface area contributed by atoms with Crippen LogP contribution in [0.5, 0.6) is 0 Å². The molecule has 0 aliphatic rings. The van der Waals surface area contributed by atoms with Gasteiger partial charge in [0.25, 0.3) is 10.6 Å². The van der Waals surface area contributed by atoms with Crippen LogP contribution in [0, 0.1) is 0 Å². The van der Waals surface area contributed by atoms with Crippen molar-refractivity contribution in [2.45, 2.75) is 39.5 Å². The molecule has 3 aromatic rings. The van der Waals surface area contributed by atoms with Crippen molar-refractivity contribution in [1.29, 1.82) is 0 Å². The van der Waals surface area contributed by atoms with Crippen molar-refractivity contribution < 1.29 is 4.68 Å². The van der Waals surface area contributed by atoms with E-state index in [2.05, 4.69) is 56.7 Å². The molecule has 0 radical (unpaired) electrons. The van der Waals surface area contributed by atoms with Crippen LogP contribution in [0.2, 0.25) is 0 Å². The molecule has 1 N–H and O–H groups in total. The summed E-state index contributed by atoms with van der Waals surface area (Å²) in [7, 11) is 0. The molecule has 0 unspecified atom stereocenters. The number of rotatable bonds is 5. The Labute approximate surface area is 148 Å². The zero-order valence-corrected chi connectivity index (χ0v) is 15.5. The highest BCUT2D eigenvalue weighted by molar-refractivity contribution is 7.13. The molecule has 0 aliphatic carbocycles. The van der Waals surface area contributed by atoms with E-state index in [4.69, 9.17) is 5.10 Å². The van der Waals surface area contributed by atoms with Crippen molar-refractivity contribution in [2.24, 2.45) is 0 Å². The van der Waals surface area contributed by atoms with Gasteiger partial charge in [0.15, 0.2) is 0 Å². The van der Waals surface area contributed by atoms with E-state index in [1.165, 1.54) is 16.8 Å². The van der Waals surface area contributed by atoms with E-state index in [1.807, 2.05) is 35.0 Å². The average Bonchev–Trinajstić information content (AvgIpc) is 3.03. The van der Waals surface area contributed by atoms with Gasteiger partial charge in [0, 0.05) is 21.9 Å². The van der Waals surface area contributed by atoms with Crippen LogP contribution in [-0.2, 0) is 0 Å². The number of hydrogen-bond donors (Lipinski definition) is 1. The standard InChI is InChI=1S/C20H24N3S/c1-14(2)17-11-8-12-18(15(3)4)19(17)23-13-24-20(22-23)21-16-9-6-5-7-10-16/h5-15H,1-4H3,(H,21,22)/q+1. The second kappa shape index (κ2) is 7.14. The van der Waals surface area contributed by atoms with E-state index in [9.17, 15) is 0 Å². The number of nitrogens with one attached hydrogen (secondary N) is 1. The highest BCUT2D eigenvalue weighted by Crippen LogP contribution is 2.28. The Morgan fingerprint density at radius 1 is 0.875 bits per heavy atom. The molecular weight excluding hydrogens is 314 g/mol. The molecule has 3 rings (SSSR count). The monoisotopic (exact) mass is 338 g/mol. The Balaban J connectivity index is 2.00. The molecule has 3 nitrogen and oxygen atoms in total. The van der Waals surface area contributed by atoms with Gasteiger partial charge >= 0.3 is 0 Å². The fraction of sp³-hybridized carbons (Fsp3) is 0.300. The lowest BCUT2D eigenvalue weighted by molar-refractivity contribution is -0.653. The Hall–Kier alpha value is -2.20. The van der Waals surface area contributed by atoms with Crippen molar-refractivity contribution in [1.82, 2.24) is 5.10 Å². The van der Waals surface area contributed by atoms with Crippen LogP contribution >= 0.6 is 11.3 Å². The molecule has 0 spiro atoms. The van der Waals surface area contributed by atoms with Crippen LogP contribution in [0.4, 0.5) is 10.8 Å². The zero-order valence-electron chi connectivity index (χ0n) is 14.7. The molecule has 4 heteroatoms. The van der Waals surface area contributed by atoms with E-state index in [1.54, 1.807) is 11.3 Å². The third-order valence-corrected chi connectivity index (χ3v) is 4.77. The van der Waals surface area contributed by atoms with Crippen LogP contribution in [0.25, 0.3) is 5.69 Å². The minimum Gasteiger partial charge on any atom is -0.327 e. The third-order valence-electron chi connectivity index (χ3n) is 4.06. The van der Waals surface area contributed by atoms with Crippen molar-refractivity contribution in [3.05, 3.63) is 65.2 Å². The maximum atomic E-state index is 4.79. The summed E-state index contributed by atoms with van der Waals surface area (Å²) >= 11 is 1.62. The molecule has 0 saturated heterocycles. The molecule has 0 fully saturated rings. The van der Waals surface area contributed by atoms with Crippen LogP contribution in [-0.4, -0.2) is 5.10 Å². The number of para-hydroxylation sites is 2. The lowest BCUT2D eigenvalue weighted by Crippen LogP contribution is -2.35. The van der Waals surface area contributed by atoms with Crippen molar-refractivity contribution in [2.75, 3.05) is 5.32 Å². The number of nitrogens with zero attached hydrogens (tertiary/aromatic N) is 2. The van der Waals surface area contributed by atoms with Gasteiger partial charge in [-0.2, -0.15) is 0 Å². The summed E-state index contributed by atoms with van der Waals surface area (Å²) < 4.78 is 2.03. The highest BCUT2D eigenvalue weighted by atomic mass is 32.1. The largest absolute Gasteiger partial charge is 0.327 e. The van der Waals surface area contributed by atoms with Crippen LogP contribution in [0.3, 0.4) is 0 Å². The molecule has 2 aromatic carbocycles. The Kier molecular flexibility index (Phi) is 4.95. The van der Waals surface area contributed by atoms with Crippen LogP contribution in [0.1, 0.15) is 50.7 Å². The fourth-order valence-corrected chi connectivity index (χ4v) is 3.49. The fourth-order valence-electron chi connectivity index (χ4n) is 2.82. The first kappa shape index (κ1) is 16.7. The van der Waals surface area contributed by atoms with Gasteiger partial charge in [-0.1, -0.05) is 64.1 Å². The summed E-state index contributed by atoms with van der Waals surface area (Å²) in [5, 5.41) is 9.06. The molecule has 0 atom stereocenters. The molecular formula is C20H24N3S+. The number of anilines is 2. The predicted molar refractivity (Wildman–Crippen MR) is 102 cm³/mol. The summed E-state index contributed by atoms with van der Waals surface area (Å²) in [5.74, 6) is 0.914. The van der Waals surface area contributed by atoms with E-state index in [-0.39, 0.29) is 0 Å². The topological polar surface area (TPSA) is 28.8 Å². The lowest BCUT2D eigenvalue weighted by Gasteiger charge is -2.12. The Bertz CT molecular complexity index is 781. The van der Waals surface area contributed by atoms with Gasteiger partial charge in [0.1, 0.15) is 0 Å². The van der Waals surface area contributed by atoms with E-state index >= 15 is 0 Å². The molecule has 1 aromatic heterocycles. The van der Waals surface area contributed by atoms with E-state index in [0.29, 0.717) is 11.8 Å². The zero-order chi connectivity index (χ0) is 17.1. The van der Waals surface area contributed by atoms with E-state index < -0.39 is 0 Å². The quantitative estimate of drug-likeness (QED) is 0.630. The smallest absolute Gasteiger partial charge is 0.261 e. The molecule has 0 amide bonds. The number of aromatic nitrogens is 2. The van der Waals surface area contributed by atoms with Gasteiger partial charge in [-0.05, 0) is 40.0 Å². The highest BCUT2D eigenvalue weighted by Gasteiger charge is 2.25. The van der Waals surface area contributed by atoms with Crippen molar-refractivity contribution in [3.8, 4) is 5.69 Å². The van der Waals surface area contributed by atoms with Crippen LogP contribution < -0.4 is 10.00 Å². The lowest BCUT2D eigenvalue weighted by atomic mass is 9.93. The SMILES string of the molecule is CC(C)c1cccc(C(C)C)c1-[n+]1csc(Nc2ccccc2)n1. The van der Waals surface area contributed by atoms with Gasteiger partial charge < -0.3 is 5.32 Å². The van der Waals surface area contributed by atoms with Gasteiger partial charge in [0.05, 0.1) is 0 Å². The first-order valence-corrected chi connectivity index (χ1v) is 9.27. The van der Waals surface area contributed by atoms with Crippen molar-refractivity contribution >= 4 is 22.2 Å². The van der Waals surface area contributed by atoms with Gasteiger partial charge in [-0.15, -0.1) is 0 Å². The summed E-state index contributed by atoms with van der Waals surface area (Å²) in [5.41, 5.74) is 7.03. The summed E-state index contributed by atoms with van der Waals surface area (Å²) in [6.07, 6.45) is 0. The van der Waals surface area contributed by atoms with Gasteiger partial charge in [0.2, 0.25) is 5.69 Å². The first-order chi connectivity index (χ1) is 11.6.